The Morgan fingerprint density at radius 1 is 1.24 bits per heavy atom. The monoisotopic (exact) mass is 412 g/mol. The van der Waals surface area contributed by atoms with Crippen LogP contribution in [0.3, 0.4) is 0 Å². The summed E-state index contributed by atoms with van der Waals surface area (Å²) in [5, 5.41) is 9.17. The Bertz CT molecular complexity index is 1090. The Labute approximate surface area is 169 Å². The van der Waals surface area contributed by atoms with E-state index >= 15 is 0 Å². The van der Waals surface area contributed by atoms with Crippen molar-refractivity contribution in [2.75, 3.05) is 6.61 Å². The molecule has 1 fully saturated rings. The van der Waals surface area contributed by atoms with Gasteiger partial charge in [0.2, 0.25) is 0 Å². The lowest BCUT2D eigenvalue weighted by Gasteiger charge is -2.24. The summed E-state index contributed by atoms with van der Waals surface area (Å²) in [6, 6.07) is 13.6. The second-order valence-corrected chi connectivity index (χ2v) is 8.56. The number of aryl methyl sites for hydroxylation is 1. The molecule has 2 unspecified atom stereocenters. The minimum absolute atomic E-state index is 0.0394. The van der Waals surface area contributed by atoms with Gasteiger partial charge in [-0.25, -0.2) is 12.7 Å². The third kappa shape index (κ3) is 3.87. The molecule has 0 radical (unpaired) electrons. The zero-order valence-corrected chi connectivity index (χ0v) is 16.8. The van der Waals surface area contributed by atoms with E-state index < -0.39 is 33.9 Å². The maximum atomic E-state index is 13.3. The first-order chi connectivity index (χ1) is 13.8. The van der Waals surface area contributed by atoms with Gasteiger partial charge < -0.3 is 4.74 Å². The number of ether oxygens (including phenoxy) is 1. The molecule has 8 heteroatoms. The summed E-state index contributed by atoms with van der Waals surface area (Å²) >= 11 is 0. The third-order valence-electron chi connectivity index (χ3n) is 4.81. The normalized spacial score (nSPS) is 19.1. The molecular weight excluding hydrogens is 392 g/mol. The van der Waals surface area contributed by atoms with Gasteiger partial charge in [-0.3, -0.25) is 9.59 Å². The van der Waals surface area contributed by atoms with Crippen molar-refractivity contribution in [3.63, 3.8) is 0 Å². The average molecular weight is 412 g/mol. The van der Waals surface area contributed by atoms with Crippen LogP contribution < -0.4 is 0 Å². The molecule has 29 heavy (non-hydrogen) atoms. The van der Waals surface area contributed by atoms with Crippen LogP contribution in [0, 0.1) is 24.2 Å². The molecule has 1 aliphatic heterocycles. The number of carbonyl (C=O) groups is 2. The molecule has 2 aromatic carbocycles. The van der Waals surface area contributed by atoms with Crippen molar-refractivity contribution >= 4 is 21.9 Å². The molecule has 0 N–H and O–H groups in total. The van der Waals surface area contributed by atoms with E-state index in [1.54, 1.807) is 37.3 Å². The lowest BCUT2D eigenvalue weighted by Crippen LogP contribution is -2.37. The number of nitriles is 1. The maximum absolute atomic E-state index is 13.3. The van der Waals surface area contributed by atoms with E-state index in [-0.39, 0.29) is 17.9 Å². The van der Waals surface area contributed by atoms with Crippen molar-refractivity contribution in [3.05, 3.63) is 65.2 Å². The SMILES string of the molecule is CCOC(=O)C1CC(c2cccc(C#N)c2)N(S(=O)(=O)c2ccc(C)cc2)C1=O. The van der Waals surface area contributed by atoms with Crippen molar-refractivity contribution in [3.8, 4) is 6.07 Å². The van der Waals surface area contributed by atoms with Gasteiger partial charge in [0.25, 0.3) is 15.9 Å². The molecule has 1 aliphatic rings. The Morgan fingerprint density at radius 2 is 1.93 bits per heavy atom. The molecule has 1 saturated heterocycles. The van der Waals surface area contributed by atoms with E-state index in [0.29, 0.717) is 11.1 Å². The van der Waals surface area contributed by atoms with Gasteiger partial charge in [-0.2, -0.15) is 5.26 Å². The second-order valence-electron chi connectivity index (χ2n) is 6.75. The Kier molecular flexibility index (Phi) is 5.71. The van der Waals surface area contributed by atoms with Gasteiger partial charge in [0.15, 0.2) is 0 Å². The van der Waals surface area contributed by atoms with Crippen molar-refractivity contribution in [1.29, 1.82) is 5.26 Å². The third-order valence-corrected chi connectivity index (χ3v) is 6.63. The first-order valence-corrected chi connectivity index (χ1v) is 10.5. The molecular formula is C21H20N2O5S. The average Bonchev–Trinajstić information content (AvgIpc) is 3.06. The first kappa shape index (κ1) is 20.6. The van der Waals surface area contributed by atoms with Crippen LogP contribution >= 0.6 is 0 Å². The van der Waals surface area contributed by atoms with Gasteiger partial charge in [-0.1, -0.05) is 29.8 Å². The first-order valence-electron chi connectivity index (χ1n) is 9.11. The Hall–Kier alpha value is -3.18. The van der Waals surface area contributed by atoms with Crippen LogP contribution in [-0.2, 0) is 24.3 Å². The molecule has 3 rings (SSSR count). The number of esters is 1. The second kappa shape index (κ2) is 8.05. The van der Waals surface area contributed by atoms with Gasteiger partial charge in [-0.15, -0.1) is 0 Å². The molecule has 0 spiro atoms. The highest BCUT2D eigenvalue weighted by Gasteiger charge is 2.50. The fraction of sp³-hybridized carbons (Fsp3) is 0.286. The highest BCUT2D eigenvalue weighted by atomic mass is 32.2. The summed E-state index contributed by atoms with van der Waals surface area (Å²) in [4.78, 5) is 25.3. The molecule has 2 aromatic rings. The fourth-order valence-corrected chi connectivity index (χ4v) is 4.98. The smallest absolute Gasteiger partial charge is 0.318 e. The number of benzene rings is 2. The van der Waals surface area contributed by atoms with Crippen molar-refractivity contribution < 1.29 is 22.7 Å². The number of carbonyl (C=O) groups excluding carboxylic acids is 2. The number of hydrogen-bond acceptors (Lipinski definition) is 6. The van der Waals surface area contributed by atoms with Crippen LogP contribution in [0.2, 0.25) is 0 Å². The molecule has 1 heterocycles. The highest BCUT2D eigenvalue weighted by molar-refractivity contribution is 7.89. The molecule has 0 saturated carbocycles. The van der Waals surface area contributed by atoms with E-state index in [4.69, 9.17) is 4.74 Å². The molecule has 0 aliphatic carbocycles. The van der Waals surface area contributed by atoms with Gasteiger partial charge in [0.05, 0.1) is 29.2 Å². The quantitative estimate of drug-likeness (QED) is 0.552. The number of hydrogen-bond donors (Lipinski definition) is 0. The minimum atomic E-state index is -4.21. The zero-order valence-electron chi connectivity index (χ0n) is 16.0. The van der Waals surface area contributed by atoms with Crippen LogP contribution in [0.5, 0.6) is 0 Å². The van der Waals surface area contributed by atoms with E-state index in [2.05, 4.69) is 0 Å². The van der Waals surface area contributed by atoms with Crippen molar-refractivity contribution in [1.82, 2.24) is 4.31 Å². The van der Waals surface area contributed by atoms with Crippen LogP contribution in [0.4, 0.5) is 0 Å². The number of rotatable bonds is 5. The van der Waals surface area contributed by atoms with Crippen LogP contribution in [-0.4, -0.2) is 31.2 Å². The Balaban J connectivity index is 2.10. The van der Waals surface area contributed by atoms with Gasteiger partial charge in [0, 0.05) is 0 Å². The lowest BCUT2D eigenvalue weighted by molar-refractivity contribution is -0.151. The largest absolute Gasteiger partial charge is 0.465 e. The summed E-state index contributed by atoms with van der Waals surface area (Å²) in [7, 11) is -4.21. The molecule has 7 nitrogen and oxygen atoms in total. The molecule has 2 atom stereocenters. The summed E-state index contributed by atoms with van der Waals surface area (Å²) in [6.45, 7) is 3.53. The molecule has 1 amide bonds. The van der Waals surface area contributed by atoms with Crippen molar-refractivity contribution in [2.45, 2.75) is 31.2 Å². The van der Waals surface area contributed by atoms with Gasteiger partial charge in [0.1, 0.15) is 5.92 Å². The van der Waals surface area contributed by atoms with Crippen LogP contribution in [0.1, 0.15) is 36.1 Å². The van der Waals surface area contributed by atoms with Crippen LogP contribution in [0.15, 0.2) is 53.4 Å². The summed E-state index contributed by atoms with van der Waals surface area (Å²) in [5.74, 6) is -2.79. The Morgan fingerprint density at radius 3 is 2.55 bits per heavy atom. The van der Waals surface area contributed by atoms with Gasteiger partial charge in [-0.05, 0) is 50.1 Å². The predicted octanol–water partition coefficient (Wildman–Crippen LogP) is 2.71. The summed E-state index contributed by atoms with van der Waals surface area (Å²) < 4.78 is 32.4. The molecule has 150 valence electrons. The van der Waals surface area contributed by atoms with Crippen molar-refractivity contribution in [2.24, 2.45) is 5.92 Å². The number of sulfonamides is 1. The fourth-order valence-electron chi connectivity index (χ4n) is 3.36. The highest BCUT2D eigenvalue weighted by Crippen LogP contribution is 2.41. The predicted molar refractivity (Wildman–Crippen MR) is 104 cm³/mol. The van der Waals surface area contributed by atoms with Gasteiger partial charge >= 0.3 is 5.97 Å². The molecule has 0 bridgehead atoms. The van der Waals surface area contributed by atoms with E-state index in [0.717, 1.165) is 9.87 Å². The van der Waals surface area contributed by atoms with E-state index in [1.807, 2.05) is 13.0 Å². The number of nitrogens with zero attached hydrogens (tertiary/aromatic N) is 2. The van der Waals surface area contributed by atoms with E-state index in [9.17, 15) is 23.3 Å². The number of amides is 1. The van der Waals surface area contributed by atoms with Crippen LogP contribution in [0.25, 0.3) is 0 Å². The minimum Gasteiger partial charge on any atom is -0.465 e. The summed E-state index contributed by atoms with van der Waals surface area (Å²) in [5.41, 5.74) is 1.68. The maximum Gasteiger partial charge on any atom is 0.318 e. The summed E-state index contributed by atoms with van der Waals surface area (Å²) in [6.07, 6.45) is -0.0440. The zero-order chi connectivity index (χ0) is 21.2. The molecule has 0 aromatic heterocycles. The standard InChI is InChI=1S/C21H20N2O5S/c1-3-28-21(25)18-12-19(16-6-4-5-15(11-16)13-22)23(20(18)24)29(26,27)17-9-7-14(2)8-10-17/h4-11,18-19H,3,12H2,1-2H3. The van der Waals surface area contributed by atoms with E-state index in [1.165, 1.54) is 18.2 Å². The lowest BCUT2D eigenvalue weighted by atomic mass is 9.98. The topological polar surface area (TPSA) is 105 Å².